The van der Waals surface area contributed by atoms with Crippen LogP contribution in [0.25, 0.3) is 0 Å². The quantitative estimate of drug-likeness (QED) is 0.789. The molecule has 0 radical (unpaired) electrons. The van der Waals surface area contributed by atoms with Crippen molar-refractivity contribution in [1.82, 2.24) is 4.57 Å². The highest BCUT2D eigenvalue weighted by atomic mass is 19.1. The van der Waals surface area contributed by atoms with E-state index in [-0.39, 0.29) is 35.7 Å². The van der Waals surface area contributed by atoms with Crippen molar-refractivity contribution in [3.63, 3.8) is 0 Å². The van der Waals surface area contributed by atoms with Crippen molar-refractivity contribution in [1.29, 1.82) is 0 Å². The summed E-state index contributed by atoms with van der Waals surface area (Å²) in [6, 6.07) is 4.04. The number of carbonyl (C=O) groups is 1. The first kappa shape index (κ1) is 18.7. The highest BCUT2D eigenvalue weighted by Crippen LogP contribution is 2.36. The molecule has 0 bridgehead atoms. The maximum Gasteiger partial charge on any atom is 0.274 e. The van der Waals surface area contributed by atoms with E-state index >= 15 is 0 Å². The maximum atomic E-state index is 14.5. The third-order valence-corrected chi connectivity index (χ3v) is 5.58. The molecule has 0 spiro atoms. The number of anilines is 1. The van der Waals surface area contributed by atoms with Crippen molar-refractivity contribution < 1.29 is 18.3 Å². The van der Waals surface area contributed by atoms with Gasteiger partial charge in [-0.25, -0.2) is 8.78 Å². The summed E-state index contributed by atoms with van der Waals surface area (Å²) < 4.78 is 35.4. The summed E-state index contributed by atoms with van der Waals surface area (Å²) in [5.41, 5.74) is 0.631. The van der Waals surface area contributed by atoms with Gasteiger partial charge < -0.3 is 14.2 Å². The highest BCUT2D eigenvalue weighted by molar-refractivity contribution is 5.97. The Morgan fingerprint density at radius 2 is 1.86 bits per heavy atom. The average molecular weight is 388 g/mol. The molecule has 1 saturated carbocycles. The smallest absolute Gasteiger partial charge is 0.274 e. The number of hydrogen-bond acceptors (Lipinski definition) is 3. The van der Waals surface area contributed by atoms with Crippen molar-refractivity contribution in [3.8, 4) is 5.75 Å². The molecule has 1 amide bonds. The molecule has 1 aromatic heterocycles. The summed E-state index contributed by atoms with van der Waals surface area (Å²) in [7, 11) is 1.33. The van der Waals surface area contributed by atoms with Crippen LogP contribution in [0.15, 0.2) is 29.2 Å². The summed E-state index contributed by atoms with van der Waals surface area (Å²) in [4.78, 5) is 27.0. The first-order valence-corrected chi connectivity index (χ1v) is 9.42. The molecule has 2 heterocycles. The second-order valence-corrected chi connectivity index (χ2v) is 7.66. The summed E-state index contributed by atoms with van der Waals surface area (Å²) in [6.45, 7) is 2.48. The molecule has 4 rings (SSSR count). The molecule has 0 N–H and O–H groups in total. The number of amides is 1. The first-order valence-electron chi connectivity index (χ1n) is 9.42. The van der Waals surface area contributed by atoms with Crippen molar-refractivity contribution >= 4 is 11.6 Å². The van der Waals surface area contributed by atoms with Crippen LogP contribution in [-0.2, 0) is 11.3 Å². The number of methoxy groups -OCH3 is 1. The van der Waals surface area contributed by atoms with Gasteiger partial charge in [0, 0.05) is 49.3 Å². The van der Waals surface area contributed by atoms with Gasteiger partial charge in [-0.15, -0.1) is 0 Å². The van der Waals surface area contributed by atoms with Gasteiger partial charge in [-0.1, -0.05) is 0 Å². The molecule has 1 aliphatic carbocycles. The van der Waals surface area contributed by atoms with E-state index in [1.54, 1.807) is 17.7 Å². The number of aromatic nitrogens is 1. The predicted octanol–water partition coefficient (Wildman–Crippen LogP) is 3.37. The van der Waals surface area contributed by atoms with E-state index in [4.69, 9.17) is 4.74 Å². The Bertz CT molecular complexity index is 975. The lowest BCUT2D eigenvalue weighted by atomic mass is 9.97. The molecule has 5 nitrogen and oxygen atoms in total. The number of pyridine rings is 1. The molecule has 2 aromatic rings. The van der Waals surface area contributed by atoms with Crippen LogP contribution in [0.1, 0.15) is 36.3 Å². The number of hydrogen-bond donors (Lipinski definition) is 0. The Morgan fingerprint density at radius 3 is 2.46 bits per heavy atom. The van der Waals surface area contributed by atoms with E-state index in [9.17, 15) is 18.4 Å². The van der Waals surface area contributed by atoms with Gasteiger partial charge in [0.25, 0.3) is 5.56 Å². The Labute approximate surface area is 161 Å². The van der Waals surface area contributed by atoms with Crippen LogP contribution >= 0.6 is 0 Å². The number of benzene rings is 1. The zero-order valence-electron chi connectivity index (χ0n) is 15.9. The summed E-state index contributed by atoms with van der Waals surface area (Å²) >= 11 is 0. The highest BCUT2D eigenvalue weighted by Gasteiger charge is 2.37. The van der Waals surface area contributed by atoms with Crippen LogP contribution in [0.2, 0.25) is 0 Å². The minimum Gasteiger partial charge on any atom is -0.497 e. The fraction of sp³-hybridized carbons (Fsp3) is 0.429. The van der Waals surface area contributed by atoms with E-state index in [0.717, 1.165) is 25.0 Å². The molecular weight excluding hydrogens is 366 g/mol. The SMILES string of the molecule is COc1cc(F)c([C@H]2CC(=O)N(c3c(C)ccn(CC4CC4)c3=O)C2)c(F)c1. The van der Waals surface area contributed by atoms with Gasteiger partial charge in [0.1, 0.15) is 23.1 Å². The molecule has 1 aromatic carbocycles. The molecule has 1 atom stereocenters. The number of aryl methyl sites for hydroxylation is 1. The molecule has 2 aliphatic rings. The Balaban J connectivity index is 1.67. The molecule has 2 fully saturated rings. The molecule has 0 unspecified atom stereocenters. The first-order chi connectivity index (χ1) is 13.4. The van der Waals surface area contributed by atoms with Crippen LogP contribution in [0, 0.1) is 24.5 Å². The Kier molecular flexibility index (Phi) is 4.69. The van der Waals surface area contributed by atoms with E-state index in [0.29, 0.717) is 23.7 Å². The lowest BCUT2D eigenvalue weighted by Gasteiger charge is -2.20. The van der Waals surface area contributed by atoms with Gasteiger partial charge in [0.2, 0.25) is 5.91 Å². The molecule has 28 heavy (non-hydrogen) atoms. The van der Waals surface area contributed by atoms with Gasteiger partial charge >= 0.3 is 0 Å². The third-order valence-electron chi connectivity index (χ3n) is 5.58. The standard InChI is InChI=1S/C21H22F2N2O3/c1-12-5-6-24(10-13-3-4-13)21(27)20(12)25-11-14(7-18(25)26)19-16(22)8-15(28-2)9-17(19)23/h5-6,8-9,13-14H,3-4,7,10-11H2,1-2H3/t14-/m0/s1. The van der Waals surface area contributed by atoms with Crippen molar-refractivity contribution in [2.45, 2.75) is 38.6 Å². The maximum absolute atomic E-state index is 14.5. The zero-order valence-corrected chi connectivity index (χ0v) is 15.9. The average Bonchev–Trinajstić information content (AvgIpc) is 3.39. The van der Waals surface area contributed by atoms with Gasteiger partial charge in [-0.2, -0.15) is 0 Å². The molecule has 1 aliphatic heterocycles. The van der Waals surface area contributed by atoms with Crippen LogP contribution in [0.3, 0.4) is 0 Å². The number of carbonyl (C=O) groups excluding carboxylic acids is 1. The van der Waals surface area contributed by atoms with Crippen LogP contribution in [-0.4, -0.2) is 24.1 Å². The minimum absolute atomic E-state index is 0.0451. The summed E-state index contributed by atoms with van der Waals surface area (Å²) in [5.74, 6) is -1.85. The predicted molar refractivity (Wildman–Crippen MR) is 101 cm³/mol. The molecule has 148 valence electrons. The summed E-state index contributed by atoms with van der Waals surface area (Å²) in [5, 5.41) is 0. The number of halogens is 2. The van der Waals surface area contributed by atoms with E-state index < -0.39 is 17.6 Å². The third kappa shape index (κ3) is 3.30. The monoisotopic (exact) mass is 388 g/mol. The van der Waals surface area contributed by atoms with E-state index in [1.807, 2.05) is 6.07 Å². The fourth-order valence-electron chi connectivity index (χ4n) is 3.89. The number of nitrogens with zero attached hydrogens (tertiary/aromatic N) is 2. The molecular formula is C21H22F2N2O3. The van der Waals surface area contributed by atoms with E-state index in [2.05, 4.69) is 0 Å². The van der Waals surface area contributed by atoms with E-state index in [1.165, 1.54) is 12.0 Å². The topological polar surface area (TPSA) is 51.5 Å². The van der Waals surface area contributed by atoms with Crippen LogP contribution < -0.4 is 15.2 Å². The largest absolute Gasteiger partial charge is 0.497 e. The number of rotatable bonds is 5. The van der Waals surface area contributed by atoms with Gasteiger partial charge in [0.15, 0.2) is 0 Å². The van der Waals surface area contributed by atoms with Crippen molar-refractivity contribution in [2.75, 3.05) is 18.6 Å². The van der Waals surface area contributed by atoms with Crippen molar-refractivity contribution in [2.24, 2.45) is 5.92 Å². The fourth-order valence-corrected chi connectivity index (χ4v) is 3.89. The lowest BCUT2D eigenvalue weighted by molar-refractivity contribution is -0.117. The summed E-state index contributed by atoms with van der Waals surface area (Å²) in [6.07, 6.45) is 3.92. The van der Waals surface area contributed by atoms with Gasteiger partial charge in [-0.3, -0.25) is 9.59 Å². The number of ether oxygens (including phenoxy) is 1. The van der Waals surface area contributed by atoms with Crippen molar-refractivity contribution in [3.05, 3.63) is 57.5 Å². The molecule has 1 saturated heterocycles. The lowest BCUT2D eigenvalue weighted by Crippen LogP contribution is -2.34. The van der Waals surface area contributed by atoms with Gasteiger partial charge in [-0.05, 0) is 37.3 Å². The molecule has 7 heteroatoms. The zero-order chi connectivity index (χ0) is 20.0. The van der Waals surface area contributed by atoms with Crippen LogP contribution in [0.4, 0.5) is 14.5 Å². The minimum atomic E-state index is -0.743. The van der Waals surface area contributed by atoms with Gasteiger partial charge in [0.05, 0.1) is 7.11 Å². The normalized spacial score (nSPS) is 19.4. The second-order valence-electron chi connectivity index (χ2n) is 7.66. The van der Waals surface area contributed by atoms with Crippen LogP contribution in [0.5, 0.6) is 5.75 Å². The Hall–Kier alpha value is -2.70. The Morgan fingerprint density at radius 1 is 1.18 bits per heavy atom. The second kappa shape index (κ2) is 7.04.